The van der Waals surface area contributed by atoms with Crippen molar-refractivity contribution >= 4 is 6.01 Å². The number of benzene rings is 1. The molecule has 4 heteroatoms. The predicted octanol–water partition coefficient (Wildman–Crippen LogP) is 2.86. The Balaban J connectivity index is 2.64. The van der Waals surface area contributed by atoms with Crippen LogP contribution in [0.2, 0.25) is 0 Å². The second-order valence-electron chi connectivity index (χ2n) is 4.10. The number of nitrogens with two attached hydrogens (primary N) is 1. The van der Waals surface area contributed by atoms with Gasteiger partial charge in [0.1, 0.15) is 17.7 Å². The lowest BCUT2D eigenvalue weighted by molar-refractivity contribution is 0.408. The van der Waals surface area contributed by atoms with Gasteiger partial charge in [-0.3, -0.25) is 0 Å². The van der Waals surface area contributed by atoms with Crippen LogP contribution in [0.5, 0.6) is 5.75 Å². The van der Waals surface area contributed by atoms with Gasteiger partial charge in [-0.1, -0.05) is 0 Å². The van der Waals surface area contributed by atoms with E-state index in [1.165, 1.54) is 0 Å². The quantitative estimate of drug-likeness (QED) is 0.864. The van der Waals surface area contributed by atoms with Crippen molar-refractivity contribution in [2.24, 2.45) is 0 Å². The van der Waals surface area contributed by atoms with Gasteiger partial charge < -0.3 is 14.9 Å². The molecule has 2 rings (SSSR count). The number of methoxy groups -OCH3 is 1. The summed E-state index contributed by atoms with van der Waals surface area (Å²) < 4.78 is 10.4. The van der Waals surface area contributed by atoms with Crippen molar-refractivity contribution in [3.05, 3.63) is 29.0 Å². The molecule has 0 spiro atoms. The highest BCUT2D eigenvalue weighted by Crippen LogP contribution is 2.33. The number of nitrogen functional groups attached to an aromatic ring is 1. The lowest BCUT2D eigenvalue weighted by Crippen LogP contribution is -1.96. The van der Waals surface area contributed by atoms with E-state index in [2.05, 4.69) is 4.98 Å². The Labute approximate surface area is 100 Å². The van der Waals surface area contributed by atoms with Gasteiger partial charge in [0.15, 0.2) is 0 Å². The summed E-state index contributed by atoms with van der Waals surface area (Å²) in [4.78, 5) is 4.15. The Bertz CT molecular complexity index is 559. The number of ether oxygens (including phenoxy) is 1. The highest BCUT2D eigenvalue weighted by Gasteiger charge is 2.14. The average Bonchev–Trinajstić information content (AvgIpc) is 2.71. The zero-order valence-electron chi connectivity index (χ0n) is 10.5. The third kappa shape index (κ3) is 1.86. The largest absolute Gasteiger partial charge is 0.496 e. The van der Waals surface area contributed by atoms with Crippen LogP contribution in [0.1, 0.15) is 16.7 Å². The van der Waals surface area contributed by atoms with Gasteiger partial charge in [-0.15, -0.1) is 0 Å². The maximum absolute atomic E-state index is 5.50. The number of anilines is 1. The van der Waals surface area contributed by atoms with Crippen molar-refractivity contribution in [1.29, 1.82) is 0 Å². The molecule has 0 aliphatic carbocycles. The smallest absolute Gasteiger partial charge is 0.292 e. The van der Waals surface area contributed by atoms with Crippen LogP contribution in [0.15, 0.2) is 16.7 Å². The number of hydrogen-bond acceptors (Lipinski definition) is 4. The Hall–Kier alpha value is -1.97. The first-order valence-corrected chi connectivity index (χ1v) is 5.40. The van der Waals surface area contributed by atoms with E-state index >= 15 is 0 Å². The van der Waals surface area contributed by atoms with Crippen LogP contribution in [0.4, 0.5) is 6.01 Å². The summed E-state index contributed by atoms with van der Waals surface area (Å²) >= 11 is 0. The molecule has 0 saturated heterocycles. The fraction of sp³-hybridized carbons (Fsp3) is 0.308. The summed E-state index contributed by atoms with van der Waals surface area (Å²) in [6.07, 6.45) is 1.57. The minimum Gasteiger partial charge on any atom is -0.496 e. The van der Waals surface area contributed by atoms with Crippen LogP contribution in [-0.4, -0.2) is 12.1 Å². The molecule has 0 saturated carbocycles. The highest BCUT2D eigenvalue weighted by molar-refractivity contribution is 5.69. The first-order chi connectivity index (χ1) is 8.04. The molecule has 17 heavy (non-hydrogen) atoms. The fourth-order valence-corrected chi connectivity index (χ4v) is 2.05. The van der Waals surface area contributed by atoms with E-state index in [-0.39, 0.29) is 6.01 Å². The molecule has 0 radical (unpaired) electrons. The second-order valence-corrected chi connectivity index (χ2v) is 4.10. The van der Waals surface area contributed by atoms with Crippen LogP contribution in [-0.2, 0) is 0 Å². The number of nitrogens with zero attached hydrogens (tertiary/aromatic N) is 1. The molecule has 0 fully saturated rings. The monoisotopic (exact) mass is 232 g/mol. The average molecular weight is 232 g/mol. The summed E-state index contributed by atoms with van der Waals surface area (Å²) in [6.45, 7) is 6.09. The zero-order valence-corrected chi connectivity index (χ0v) is 10.5. The topological polar surface area (TPSA) is 61.3 Å². The van der Waals surface area contributed by atoms with Gasteiger partial charge in [-0.25, -0.2) is 0 Å². The van der Waals surface area contributed by atoms with Gasteiger partial charge >= 0.3 is 0 Å². The third-order valence-corrected chi connectivity index (χ3v) is 3.03. The van der Waals surface area contributed by atoms with Crippen LogP contribution in [0.3, 0.4) is 0 Å². The highest BCUT2D eigenvalue weighted by atomic mass is 16.5. The molecule has 0 aliphatic heterocycles. The number of aryl methyl sites for hydroxylation is 1. The van der Waals surface area contributed by atoms with E-state index in [1.807, 2.05) is 26.8 Å². The molecule has 0 atom stereocenters. The van der Waals surface area contributed by atoms with Crippen LogP contribution in [0, 0.1) is 20.8 Å². The Morgan fingerprint density at radius 1 is 1.24 bits per heavy atom. The molecule has 90 valence electrons. The maximum atomic E-state index is 5.50. The second kappa shape index (κ2) is 4.13. The summed E-state index contributed by atoms with van der Waals surface area (Å²) in [5.74, 6) is 0.919. The van der Waals surface area contributed by atoms with Gasteiger partial charge in [0.2, 0.25) is 0 Å². The van der Waals surface area contributed by atoms with E-state index in [0.29, 0.717) is 0 Å². The van der Waals surface area contributed by atoms with Gasteiger partial charge in [0.25, 0.3) is 6.01 Å². The van der Waals surface area contributed by atoms with Crippen molar-refractivity contribution in [1.82, 2.24) is 4.98 Å². The van der Waals surface area contributed by atoms with Crippen molar-refractivity contribution in [3.63, 3.8) is 0 Å². The Kier molecular flexibility index (Phi) is 2.79. The van der Waals surface area contributed by atoms with E-state index in [9.17, 15) is 0 Å². The van der Waals surface area contributed by atoms with Gasteiger partial charge in [0.05, 0.1) is 7.11 Å². The molecule has 1 heterocycles. The lowest BCUT2D eigenvalue weighted by atomic mass is 9.97. The van der Waals surface area contributed by atoms with Crippen LogP contribution in [0.25, 0.3) is 11.3 Å². The Morgan fingerprint density at radius 2 is 1.94 bits per heavy atom. The standard InChI is InChI=1S/C13H16N2O2/c1-7-5-10(11-6-17-13(14)15-11)8(2)9(3)12(7)16-4/h5-6H,1-4H3,(H2,14,15). The number of aromatic nitrogens is 1. The van der Waals surface area contributed by atoms with Gasteiger partial charge in [-0.05, 0) is 43.5 Å². The molecule has 1 aromatic carbocycles. The molecule has 0 aliphatic rings. The van der Waals surface area contributed by atoms with Crippen molar-refractivity contribution in [2.75, 3.05) is 12.8 Å². The van der Waals surface area contributed by atoms with Crippen LogP contribution >= 0.6 is 0 Å². The molecule has 0 amide bonds. The third-order valence-electron chi connectivity index (χ3n) is 3.03. The minimum absolute atomic E-state index is 0.186. The SMILES string of the molecule is COc1c(C)cc(-c2coc(N)n2)c(C)c1C. The lowest BCUT2D eigenvalue weighted by Gasteiger charge is -2.14. The van der Waals surface area contributed by atoms with Crippen molar-refractivity contribution in [2.45, 2.75) is 20.8 Å². The number of hydrogen-bond donors (Lipinski definition) is 1. The normalized spacial score (nSPS) is 10.6. The van der Waals surface area contributed by atoms with E-state index in [1.54, 1.807) is 13.4 Å². The molecule has 1 aromatic heterocycles. The zero-order chi connectivity index (χ0) is 12.6. The number of oxazole rings is 1. The van der Waals surface area contributed by atoms with Crippen molar-refractivity contribution < 1.29 is 9.15 Å². The summed E-state index contributed by atoms with van der Waals surface area (Å²) in [6, 6.07) is 2.23. The Morgan fingerprint density at radius 3 is 2.47 bits per heavy atom. The molecule has 0 bridgehead atoms. The van der Waals surface area contributed by atoms with Gasteiger partial charge in [0, 0.05) is 5.56 Å². The molecular weight excluding hydrogens is 216 g/mol. The van der Waals surface area contributed by atoms with Gasteiger partial charge in [-0.2, -0.15) is 4.98 Å². The fourth-order valence-electron chi connectivity index (χ4n) is 2.05. The molecule has 2 aromatic rings. The first kappa shape index (κ1) is 11.5. The molecule has 2 N–H and O–H groups in total. The maximum Gasteiger partial charge on any atom is 0.292 e. The summed E-state index contributed by atoms with van der Waals surface area (Å²) in [5.41, 5.74) is 10.6. The van der Waals surface area contributed by atoms with E-state index in [4.69, 9.17) is 14.9 Å². The molecule has 4 nitrogen and oxygen atoms in total. The molecule has 0 unspecified atom stereocenters. The number of rotatable bonds is 2. The summed E-state index contributed by atoms with van der Waals surface area (Å²) in [7, 11) is 1.68. The predicted molar refractivity (Wildman–Crippen MR) is 67.1 cm³/mol. The van der Waals surface area contributed by atoms with E-state index < -0.39 is 0 Å². The minimum atomic E-state index is 0.186. The summed E-state index contributed by atoms with van der Waals surface area (Å²) in [5, 5.41) is 0. The van der Waals surface area contributed by atoms with Crippen molar-refractivity contribution in [3.8, 4) is 17.0 Å². The molecular formula is C13H16N2O2. The first-order valence-electron chi connectivity index (χ1n) is 5.40. The van der Waals surface area contributed by atoms with Crippen LogP contribution < -0.4 is 10.5 Å². The van der Waals surface area contributed by atoms with E-state index in [0.717, 1.165) is 33.7 Å².